The van der Waals surface area contributed by atoms with Crippen molar-refractivity contribution >= 4 is 17.3 Å². The van der Waals surface area contributed by atoms with E-state index in [2.05, 4.69) is 0 Å². The van der Waals surface area contributed by atoms with E-state index >= 15 is 0 Å². The molecule has 0 aliphatic carbocycles. The summed E-state index contributed by atoms with van der Waals surface area (Å²) in [6.07, 6.45) is 0.538. The highest BCUT2D eigenvalue weighted by molar-refractivity contribution is 6.10. The molecule has 5 nitrogen and oxygen atoms in total. The van der Waals surface area contributed by atoms with Crippen LogP contribution in [0.1, 0.15) is 17.0 Å². The van der Waals surface area contributed by atoms with Crippen LogP contribution in [0.4, 0.5) is 11.4 Å². The molecule has 1 amide bonds. The highest BCUT2D eigenvalue weighted by Crippen LogP contribution is 2.45. The molecule has 4 rings (SSSR count). The van der Waals surface area contributed by atoms with E-state index in [-0.39, 0.29) is 11.8 Å². The number of ether oxygens (including phenoxy) is 3. The summed E-state index contributed by atoms with van der Waals surface area (Å²) >= 11 is 0. The van der Waals surface area contributed by atoms with Crippen LogP contribution in [0.2, 0.25) is 0 Å². The first-order chi connectivity index (χ1) is 14.2. The minimum absolute atomic E-state index is 0.0613. The Hall–Kier alpha value is -3.47. The first-order valence-corrected chi connectivity index (χ1v) is 9.44. The van der Waals surface area contributed by atoms with Crippen LogP contribution in [0.25, 0.3) is 0 Å². The van der Waals surface area contributed by atoms with Gasteiger partial charge >= 0.3 is 0 Å². The van der Waals surface area contributed by atoms with Crippen LogP contribution in [-0.2, 0) is 11.2 Å². The Balaban J connectivity index is 1.74. The number of benzene rings is 3. The highest BCUT2D eigenvalue weighted by Gasteiger charge is 2.38. The van der Waals surface area contributed by atoms with Crippen molar-refractivity contribution in [3.05, 3.63) is 77.9 Å². The maximum atomic E-state index is 13.4. The normalized spacial score (nSPS) is 15.2. The molecule has 3 aromatic carbocycles. The fourth-order valence-corrected chi connectivity index (χ4v) is 3.92. The Morgan fingerprint density at radius 1 is 0.828 bits per heavy atom. The molecule has 1 aliphatic heterocycles. The largest absolute Gasteiger partial charge is 0.493 e. The topological polar surface area (TPSA) is 48.0 Å². The second-order valence-corrected chi connectivity index (χ2v) is 6.86. The summed E-state index contributed by atoms with van der Waals surface area (Å²) in [7, 11) is 4.76. The minimum Gasteiger partial charge on any atom is -0.493 e. The minimum atomic E-state index is -0.283. The van der Waals surface area contributed by atoms with Crippen molar-refractivity contribution in [1.29, 1.82) is 0 Å². The number of hydrogen-bond donors (Lipinski definition) is 0. The third kappa shape index (κ3) is 3.29. The summed E-state index contributed by atoms with van der Waals surface area (Å²) in [5, 5.41) is 0. The quantitative estimate of drug-likeness (QED) is 0.612. The molecule has 0 bridgehead atoms. The van der Waals surface area contributed by atoms with Gasteiger partial charge in [0.15, 0.2) is 11.5 Å². The lowest BCUT2D eigenvalue weighted by Crippen LogP contribution is -2.24. The molecule has 0 saturated heterocycles. The fourth-order valence-electron chi connectivity index (χ4n) is 3.92. The van der Waals surface area contributed by atoms with Crippen molar-refractivity contribution in [2.45, 2.75) is 12.3 Å². The summed E-state index contributed by atoms with van der Waals surface area (Å²) in [4.78, 5) is 15.2. The summed E-state index contributed by atoms with van der Waals surface area (Å²) in [6, 6.07) is 21.5. The number of amides is 1. The number of methoxy groups -OCH3 is 3. The molecule has 148 valence electrons. The molecule has 5 heteroatoms. The number of rotatable bonds is 6. The Bertz CT molecular complexity index is 1010. The molecule has 1 unspecified atom stereocenters. The van der Waals surface area contributed by atoms with Gasteiger partial charge in [0.25, 0.3) is 0 Å². The van der Waals surface area contributed by atoms with Crippen LogP contribution < -0.4 is 19.1 Å². The van der Waals surface area contributed by atoms with E-state index in [4.69, 9.17) is 14.2 Å². The van der Waals surface area contributed by atoms with Gasteiger partial charge in [0, 0.05) is 5.69 Å². The van der Waals surface area contributed by atoms with Gasteiger partial charge in [0.1, 0.15) is 0 Å². The van der Waals surface area contributed by atoms with Gasteiger partial charge in [-0.2, -0.15) is 0 Å². The maximum Gasteiger partial charge on any atom is 0.239 e. The predicted octanol–water partition coefficient (Wildman–Crippen LogP) is 4.72. The second-order valence-electron chi connectivity index (χ2n) is 6.86. The van der Waals surface area contributed by atoms with Crippen LogP contribution in [0.15, 0.2) is 66.7 Å². The number of carbonyl (C=O) groups excluding carboxylic acids is 1. The van der Waals surface area contributed by atoms with Crippen LogP contribution >= 0.6 is 0 Å². The molecular weight excluding hydrogens is 366 g/mol. The molecule has 1 atom stereocenters. The number of para-hydroxylation sites is 2. The molecule has 0 fully saturated rings. The second kappa shape index (κ2) is 7.87. The van der Waals surface area contributed by atoms with Gasteiger partial charge in [-0.05, 0) is 47.9 Å². The van der Waals surface area contributed by atoms with Crippen molar-refractivity contribution in [3.63, 3.8) is 0 Å². The van der Waals surface area contributed by atoms with Gasteiger partial charge in [0.2, 0.25) is 11.7 Å². The third-order valence-corrected chi connectivity index (χ3v) is 5.25. The van der Waals surface area contributed by atoms with Crippen molar-refractivity contribution < 1.29 is 19.0 Å². The first kappa shape index (κ1) is 18.9. The summed E-state index contributed by atoms with van der Waals surface area (Å²) < 4.78 is 16.4. The molecule has 0 saturated carbocycles. The van der Waals surface area contributed by atoms with E-state index in [9.17, 15) is 4.79 Å². The number of nitrogens with zero attached hydrogens (tertiary/aromatic N) is 1. The first-order valence-electron chi connectivity index (χ1n) is 9.44. The molecular formula is C24H23NO4. The van der Waals surface area contributed by atoms with E-state index in [0.717, 1.165) is 22.5 Å². The van der Waals surface area contributed by atoms with Gasteiger partial charge in [-0.15, -0.1) is 0 Å². The Morgan fingerprint density at radius 2 is 1.45 bits per heavy atom. The van der Waals surface area contributed by atoms with E-state index in [1.54, 1.807) is 26.2 Å². The molecule has 29 heavy (non-hydrogen) atoms. The molecule has 0 radical (unpaired) electrons. The van der Waals surface area contributed by atoms with Crippen LogP contribution in [0.5, 0.6) is 17.2 Å². The van der Waals surface area contributed by atoms with Gasteiger partial charge in [0.05, 0.1) is 32.9 Å². The number of carbonyl (C=O) groups is 1. The highest BCUT2D eigenvalue weighted by atomic mass is 16.5. The summed E-state index contributed by atoms with van der Waals surface area (Å²) in [6.45, 7) is 0. The van der Waals surface area contributed by atoms with Crippen molar-refractivity contribution in [3.8, 4) is 17.2 Å². The molecule has 0 aromatic heterocycles. The van der Waals surface area contributed by atoms with Crippen LogP contribution in [-0.4, -0.2) is 27.2 Å². The zero-order valence-corrected chi connectivity index (χ0v) is 16.7. The van der Waals surface area contributed by atoms with Gasteiger partial charge in [-0.1, -0.05) is 36.4 Å². The lowest BCUT2D eigenvalue weighted by Gasteiger charge is -2.18. The standard InChI is InChI=1S/C24H23NO4/c1-27-21-14-16(15-22(28-2)23(21)29-3)13-19-18-11-7-8-12-20(18)25(24(19)26)17-9-5-4-6-10-17/h4-12,14-15,19H,13H2,1-3H3. The molecule has 0 N–H and O–H groups in total. The van der Waals surface area contributed by atoms with Gasteiger partial charge in [-0.25, -0.2) is 0 Å². The lowest BCUT2D eigenvalue weighted by atomic mass is 9.93. The molecule has 1 heterocycles. The fraction of sp³-hybridized carbons (Fsp3) is 0.208. The van der Waals surface area contributed by atoms with Crippen LogP contribution in [0.3, 0.4) is 0 Å². The Labute approximate surface area is 170 Å². The monoisotopic (exact) mass is 389 g/mol. The molecule has 1 aliphatic rings. The average Bonchev–Trinajstić information content (AvgIpc) is 3.05. The maximum absolute atomic E-state index is 13.4. The van der Waals surface area contributed by atoms with Gasteiger partial charge < -0.3 is 14.2 Å². The van der Waals surface area contributed by atoms with E-state index in [1.165, 1.54) is 0 Å². The third-order valence-electron chi connectivity index (χ3n) is 5.25. The Kier molecular flexibility index (Phi) is 5.12. The number of fused-ring (bicyclic) bond motifs is 1. The van der Waals surface area contributed by atoms with Gasteiger partial charge in [-0.3, -0.25) is 9.69 Å². The predicted molar refractivity (Wildman–Crippen MR) is 113 cm³/mol. The van der Waals surface area contributed by atoms with E-state index in [1.807, 2.05) is 66.7 Å². The Morgan fingerprint density at radius 3 is 2.07 bits per heavy atom. The van der Waals surface area contributed by atoms with Crippen molar-refractivity contribution in [2.75, 3.05) is 26.2 Å². The summed E-state index contributed by atoms with van der Waals surface area (Å²) in [5.41, 5.74) is 3.77. The smallest absolute Gasteiger partial charge is 0.239 e. The van der Waals surface area contributed by atoms with Crippen LogP contribution in [0, 0.1) is 0 Å². The zero-order chi connectivity index (χ0) is 20.4. The average molecular weight is 389 g/mol. The zero-order valence-electron chi connectivity index (χ0n) is 16.7. The molecule has 3 aromatic rings. The van der Waals surface area contributed by atoms with Crippen molar-refractivity contribution in [1.82, 2.24) is 0 Å². The van der Waals surface area contributed by atoms with E-state index in [0.29, 0.717) is 23.7 Å². The SMILES string of the molecule is COc1cc(CC2C(=O)N(c3ccccc3)c3ccccc32)cc(OC)c1OC. The van der Waals surface area contributed by atoms with Crippen molar-refractivity contribution in [2.24, 2.45) is 0 Å². The lowest BCUT2D eigenvalue weighted by molar-refractivity contribution is -0.118. The number of anilines is 2. The summed E-state index contributed by atoms with van der Waals surface area (Å²) in [5.74, 6) is 1.49. The molecule has 0 spiro atoms. The van der Waals surface area contributed by atoms with E-state index < -0.39 is 0 Å². The number of hydrogen-bond acceptors (Lipinski definition) is 4.